The van der Waals surface area contributed by atoms with Crippen molar-refractivity contribution in [2.45, 2.75) is 26.0 Å². The summed E-state index contributed by atoms with van der Waals surface area (Å²) in [5.74, 6) is 3.18. The predicted octanol–water partition coefficient (Wildman–Crippen LogP) is 3.91. The number of halogens is 1. The lowest BCUT2D eigenvalue weighted by atomic mass is 10.2. The van der Waals surface area contributed by atoms with Crippen molar-refractivity contribution >= 4 is 40.3 Å². The molecule has 0 aromatic carbocycles. The van der Waals surface area contributed by atoms with Crippen molar-refractivity contribution in [3.63, 3.8) is 0 Å². The third kappa shape index (κ3) is 2.08. The number of aromatic nitrogens is 4. The van der Waals surface area contributed by atoms with Crippen molar-refractivity contribution in [2.24, 2.45) is 0 Å². The van der Waals surface area contributed by atoms with Gasteiger partial charge in [-0.1, -0.05) is 11.6 Å². The van der Waals surface area contributed by atoms with Gasteiger partial charge in [-0.15, -0.1) is 21.5 Å². The highest BCUT2D eigenvalue weighted by atomic mass is 35.5. The Labute approximate surface area is 135 Å². The van der Waals surface area contributed by atoms with E-state index in [-0.39, 0.29) is 0 Å². The fourth-order valence-electron chi connectivity index (χ4n) is 2.59. The van der Waals surface area contributed by atoms with Crippen molar-refractivity contribution < 1.29 is 0 Å². The summed E-state index contributed by atoms with van der Waals surface area (Å²) in [6.07, 6.45) is 1.15. The minimum Gasteiger partial charge on any atom is -0.275 e. The molecule has 108 valence electrons. The first-order valence-electron chi connectivity index (χ1n) is 6.72. The summed E-state index contributed by atoms with van der Waals surface area (Å²) in [5.41, 5.74) is 4.02. The highest BCUT2D eigenvalue weighted by Crippen LogP contribution is 2.37. The quantitative estimate of drug-likeness (QED) is 0.675. The zero-order valence-electron chi connectivity index (χ0n) is 11.7. The molecule has 0 spiro atoms. The van der Waals surface area contributed by atoms with Crippen molar-refractivity contribution in [3.8, 4) is 10.7 Å². The molecule has 1 aliphatic heterocycles. The molecule has 0 radical (unpaired) electrons. The minimum absolute atomic E-state index is 0.411. The number of aryl methyl sites for hydroxylation is 3. The zero-order chi connectivity index (χ0) is 14.6. The maximum atomic E-state index is 6.20. The summed E-state index contributed by atoms with van der Waals surface area (Å²) in [7, 11) is 0. The zero-order valence-corrected chi connectivity index (χ0v) is 14.1. The molecule has 7 heteroatoms. The number of nitrogens with zero attached hydrogens (tertiary/aromatic N) is 4. The lowest BCUT2D eigenvalue weighted by Gasteiger charge is -2.08. The summed E-state index contributed by atoms with van der Waals surface area (Å²) < 4.78 is 2.02. The van der Waals surface area contributed by atoms with Crippen LogP contribution in [0.3, 0.4) is 0 Å². The monoisotopic (exact) mass is 336 g/mol. The Morgan fingerprint density at radius 1 is 1.29 bits per heavy atom. The van der Waals surface area contributed by atoms with Gasteiger partial charge in [0.1, 0.15) is 0 Å². The van der Waals surface area contributed by atoms with Gasteiger partial charge in [-0.25, -0.2) is 4.98 Å². The Hall–Kier alpha value is -1.11. The first-order valence-corrected chi connectivity index (χ1v) is 9.07. The van der Waals surface area contributed by atoms with Crippen LogP contribution in [0.25, 0.3) is 16.3 Å². The third-order valence-corrected chi connectivity index (χ3v) is 6.32. The molecular weight excluding hydrogens is 324 g/mol. The van der Waals surface area contributed by atoms with Gasteiger partial charge in [0.15, 0.2) is 16.6 Å². The second-order valence-corrected chi connectivity index (χ2v) is 7.72. The Morgan fingerprint density at radius 3 is 2.95 bits per heavy atom. The molecular formula is C14H13ClN4S2. The van der Waals surface area contributed by atoms with Crippen LogP contribution in [-0.4, -0.2) is 25.3 Å². The molecule has 0 fully saturated rings. The molecule has 3 aromatic heterocycles. The molecule has 4 heterocycles. The van der Waals surface area contributed by atoms with Gasteiger partial charge in [0.05, 0.1) is 10.6 Å². The number of hydrogen-bond donors (Lipinski definition) is 0. The maximum Gasteiger partial charge on any atom is 0.199 e. The molecule has 0 saturated carbocycles. The molecule has 0 saturated heterocycles. The largest absolute Gasteiger partial charge is 0.275 e. The predicted molar refractivity (Wildman–Crippen MR) is 88.4 cm³/mol. The van der Waals surface area contributed by atoms with Crippen molar-refractivity contribution in [1.29, 1.82) is 0 Å². The van der Waals surface area contributed by atoms with Gasteiger partial charge in [-0.3, -0.25) is 4.40 Å². The van der Waals surface area contributed by atoms with Crippen molar-refractivity contribution in [1.82, 2.24) is 19.6 Å². The minimum atomic E-state index is 0.411. The fraction of sp³-hybridized carbons (Fsp3) is 0.357. The van der Waals surface area contributed by atoms with Gasteiger partial charge in [0.2, 0.25) is 0 Å². The summed E-state index contributed by atoms with van der Waals surface area (Å²) in [6, 6.07) is 2.26. The second kappa shape index (κ2) is 4.97. The van der Waals surface area contributed by atoms with Gasteiger partial charge >= 0.3 is 0 Å². The number of thioether (sulfide) groups is 1. The fourth-order valence-corrected chi connectivity index (χ4v) is 5.19. The summed E-state index contributed by atoms with van der Waals surface area (Å²) in [4.78, 5) is 6.96. The summed E-state index contributed by atoms with van der Waals surface area (Å²) in [5, 5.41) is 9.00. The second-order valence-electron chi connectivity index (χ2n) is 5.12. The van der Waals surface area contributed by atoms with E-state index in [2.05, 4.69) is 21.2 Å². The highest BCUT2D eigenvalue weighted by Gasteiger charge is 2.20. The van der Waals surface area contributed by atoms with Gasteiger partial charge in [-0.2, -0.15) is 11.8 Å². The molecule has 0 amide bonds. The normalized spacial score (nSPS) is 14.6. The Kier molecular flexibility index (Phi) is 3.20. The first kappa shape index (κ1) is 13.5. The van der Waals surface area contributed by atoms with Gasteiger partial charge in [-0.05, 0) is 37.7 Å². The number of fused-ring (bicyclic) bond motifs is 2. The van der Waals surface area contributed by atoms with E-state index in [0.717, 1.165) is 29.4 Å². The highest BCUT2D eigenvalue weighted by molar-refractivity contribution is 7.98. The lowest BCUT2D eigenvalue weighted by Crippen LogP contribution is -2.00. The van der Waals surface area contributed by atoms with Crippen molar-refractivity contribution in [2.75, 3.05) is 5.75 Å². The Bertz CT molecular complexity index is 829. The van der Waals surface area contributed by atoms with Crippen LogP contribution in [0.15, 0.2) is 6.07 Å². The number of hydrogen-bond acceptors (Lipinski definition) is 5. The SMILES string of the molecule is Cc1nc(Cl)c2nnc(-c3cc4c(s3)CCSC4)n2c1C. The van der Waals surface area contributed by atoms with Crippen LogP contribution < -0.4 is 0 Å². The van der Waals surface area contributed by atoms with E-state index in [1.54, 1.807) is 0 Å². The number of rotatable bonds is 1. The lowest BCUT2D eigenvalue weighted by molar-refractivity contribution is 1.00. The van der Waals surface area contributed by atoms with Crippen LogP contribution in [0.4, 0.5) is 0 Å². The molecule has 0 unspecified atom stereocenters. The molecule has 4 nitrogen and oxygen atoms in total. The van der Waals surface area contributed by atoms with E-state index in [0.29, 0.717) is 10.8 Å². The maximum absolute atomic E-state index is 6.20. The van der Waals surface area contributed by atoms with E-state index in [4.69, 9.17) is 11.6 Å². The standard InChI is InChI=1S/C14H13ClN4S2/c1-7-8(2)19-13(17-18-14(19)12(15)16-7)11-5-9-6-20-4-3-10(9)21-11/h5H,3-4,6H2,1-2H3. The van der Waals surface area contributed by atoms with Crippen molar-refractivity contribution in [3.05, 3.63) is 33.0 Å². The summed E-state index contributed by atoms with van der Waals surface area (Å²) in [6.45, 7) is 3.99. The van der Waals surface area contributed by atoms with E-state index in [1.807, 2.05) is 41.3 Å². The molecule has 0 N–H and O–H groups in total. The average Bonchev–Trinajstić information content (AvgIpc) is 3.08. The molecule has 3 aromatic rings. The van der Waals surface area contributed by atoms with Crippen LogP contribution >= 0.6 is 34.7 Å². The molecule has 1 aliphatic rings. The molecule has 4 rings (SSSR count). The van der Waals surface area contributed by atoms with E-state index in [9.17, 15) is 0 Å². The topological polar surface area (TPSA) is 43.1 Å². The molecule has 21 heavy (non-hydrogen) atoms. The van der Waals surface area contributed by atoms with Crippen LogP contribution in [0.1, 0.15) is 21.8 Å². The van der Waals surface area contributed by atoms with E-state index >= 15 is 0 Å². The Balaban J connectivity index is 1.96. The third-order valence-electron chi connectivity index (χ3n) is 3.82. The van der Waals surface area contributed by atoms with Crippen LogP contribution in [0.5, 0.6) is 0 Å². The molecule has 0 atom stereocenters. The number of thiophene rings is 1. The molecule has 0 bridgehead atoms. The average molecular weight is 337 g/mol. The van der Waals surface area contributed by atoms with E-state index < -0.39 is 0 Å². The Morgan fingerprint density at radius 2 is 2.14 bits per heavy atom. The smallest absolute Gasteiger partial charge is 0.199 e. The van der Waals surface area contributed by atoms with Gasteiger partial charge < -0.3 is 0 Å². The summed E-state index contributed by atoms with van der Waals surface area (Å²) >= 11 is 10.0. The van der Waals surface area contributed by atoms with Gasteiger partial charge in [0, 0.05) is 16.3 Å². The molecule has 0 aliphatic carbocycles. The van der Waals surface area contributed by atoms with Crippen LogP contribution in [0.2, 0.25) is 5.15 Å². The van der Waals surface area contributed by atoms with Crippen LogP contribution in [-0.2, 0) is 12.2 Å². The van der Waals surface area contributed by atoms with E-state index in [1.165, 1.54) is 21.1 Å². The van der Waals surface area contributed by atoms with Gasteiger partial charge in [0.25, 0.3) is 0 Å². The van der Waals surface area contributed by atoms with Crippen LogP contribution in [0, 0.1) is 13.8 Å². The first-order chi connectivity index (χ1) is 10.1.